The molecule has 0 saturated carbocycles. The fourth-order valence-electron chi connectivity index (χ4n) is 4.11. The van der Waals surface area contributed by atoms with Gasteiger partial charge in [-0.2, -0.15) is 0 Å². The smallest absolute Gasteiger partial charge is 0.339 e. The highest BCUT2D eigenvalue weighted by atomic mass is 16.5. The summed E-state index contributed by atoms with van der Waals surface area (Å²) in [5.74, 6) is 0.869. The first kappa shape index (κ1) is 19.2. The van der Waals surface area contributed by atoms with Crippen LogP contribution in [0.1, 0.15) is 30.6 Å². The van der Waals surface area contributed by atoms with Gasteiger partial charge in [0.25, 0.3) is 5.91 Å². The van der Waals surface area contributed by atoms with E-state index in [9.17, 15) is 9.59 Å². The maximum atomic E-state index is 12.7. The van der Waals surface area contributed by atoms with Crippen LogP contribution in [0.5, 0.6) is 0 Å². The van der Waals surface area contributed by atoms with E-state index in [1.165, 1.54) is 0 Å². The Kier molecular flexibility index (Phi) is 5.34. The molecule has 29 heavy (non-hydrogen) atoms. The number of fused-ring (bicyclic) bond motifs is 1. The Morgan fingerprint density at radius 1 is 1.07 bits per heavy atom. The van der Waals surface area contributed by atoms with E-state index in [1.807, 2.05) is 36.4 Å². The van der Waals surface area contributed by atoms with Crippen LogP contribution in [0.25, 0.3) is 22.4 Å². The van der Waals surface area contributed by atoms with Crippen LogP contribution in [0.2, 0.25) is 0 Å². The van der Waals surface area contributed by atoms with Crippen LogP contribution >= 0.6 is 0 Å². The first-order valence-electron chi connectivity index (χ1n) is 10.0. The second-order valence-electron chi connectivity index (χ2n) is 7.97. The Morgan fingerprint density at radius 3 is 2.52 bits per heavy atom. The largest absolute Gasteiger partial charge is 0.452 e. The molecule has 1 amide bonds. The van der Waals surface area contributed by atoms with Crippen molar-refractivity contribution >= 4 is 22.9 Å². The number of nitrogens with zero attached hydrogens (tertiary/aromatic N) is 2. The summed E-state index contributed by atoms with van der Waals surface area (Å²) in [7, 11) is 0. The minimum atomic E-state index is -0.521. The Bertz CT molecular complexity index is 1000. The third kappa shape index (κ3) is 4.16. The van der Waals surface area contributed by atoms with Crippen LogP contribution < -0.4 is 0 Å². The van der Waals surface area contributed by atoms with Crippen LogP contribution in [0.4, 0.5) is 0 Å². The second kappa shape index (κ2) is 8.07. The minimum absolute atomic E-state index is 0.141. The number of nitrogens with one attached hydrogen (secondary N) is 1. The van der Waals surface area contributed by atoms with Crippen LogP contribution in [-0.2, 0) is 9.53 Å². The number of carbonyl (C=O) groups is 2. The number of hydrogen-bond donors (Lipinski definition) is 1. The number of hydrogen-bond acceptors (Lipinski definition) is 4. The van der Waals surface area contributed by atoms with Gasteiger partial charge in [0.05, 0.1) is 16.6 Å². The quantitative estimate of drug-likeness (QED) is 0.685. The molecule has 2 atom stereocenters. The summed E-state index contributed by atoms with van der Waals surface area (Å²) in [5.41, 5.74) is 2.77. The van der Waals surface area contributed by atoms with Crippen molar-refractivity contribution in [3.63, 3.8) is 0 Å². The zero-order valence-electron chi connectivity index (χ0n) is 16.7. The molecule has 1 saturated heterocycles. The number of esters is 1. The molecule has 1 fully saturated rings. The molecule has 3 aromatic rings. The van der Waals surface area contributed by atoms with Gasteiger partial charge in [-0.05, 0) is 36.5 Å². The Hall–Kier alpha value is -3.15. The summed E-state index contributed by atoms with van der Waals surface area (Å²) in [6.07, 6.45) is 1.12. The van der Waals surface area contributed by atoms with Crippen LogP contribution in [0.15, 0.2) is 48.5 Å². The molecule has 6 heteroatoms. The molecule has 150 valence electrons. The van der Waals surface area contributed by atoms with Gasteiger partial charge in [0, 0.05) is 18.7 Å². The van der Waals surface area contributed by atoms with Gasteiger partial charge in [-0.25, -0.2) is 9.78 Å². The molecule has 0 spiro atoms. The van der Waals surface area contributed by atoms with Crippen LogP contribution in [-0.4, -0.2) is 46.4 Å². The number of H-pyrrole nitrogens is 1. The molecule has 1 N–H and O–H groups in total. The fraction of sp³-hybridized carbons (Fsp3) is 0.348. The Labute approximate surface area is 169 Å². The van der Waals surface area contributed by atoms with Crippen LogP contribution in [0, 0.1) is 11.8 Å². The molecular weight excluding hydrogens is 366 g/mol. The molecule has 4 rings (SSSR count). The number of piperidine rings is 1. The van der Waals surface area contributed by atoms with E-state index in [2.05, 4.69) is 23.8 Å². The number of benzene rings is 2. The number of rotatable bonds is 4. The first-order valence-corrected chi connectivity index (χ1v) is 10.0. The van der Waals surface area contributed by atoms with Gasteiger partial charge in [0.2, 0.25) is 0 Å². The highest BCUT2D eigenvalue weighted by Gasteiger charge is 2.26. The van der Waals surface area contributed by atoms with E-state index in [0.717, 1.165) is 30.5 Å². The van der Waals surface area contributed by atoms with Crippen molar-refractivity contribution < 1.29 is 14.3 Å². The summed E-state index contributed by atoms with van der Waals surface area (Å²) < 4.78 is 5.38. The van der Waals surface area contributed by atoms with E-state index in [4.69, 9.17) is 4.74 Å². The second-order valence-corrected chi connectivity index (χ2v) is 7.97. The lowest BCUT2D eigenvalue weighted by Crippen LogP contribution is -2.44. The van der Waals surface area contributed by atoms with Gasteiger partial charge in [-0.3, -0.25) is 4.79 Å². The van der Waals surface area contributed by atoms with Crippen LogP contribution in [0.3, 0.4) is 0 Å². The third-order valence-electron chi connectivity index (χ3n) is 5.34. The number of carbonyl (C=O) groups excluding carboxylic acids is 2. The van der Waals surface area contributed by atoms with Gasteiger partial charge in [-0.1, -0.05) is 44.2 Å². The molecule has 6 nitrogen and oxygen atoms in total. The van der Waals surface area contributed by atoms with Crippen molar-refractivity contribution in [3.8, 4) is 11.4 Å². The molecule has 0 aliphatic carbocycles. The number of para-hydroxylation sites is 2. The maximum absolute atomic E-state index is 12.7. The molecule has 2 heterocycles. The average Bonchev–Trinajstić information content (AvgIpc) is 3.15. The zero-order chi connectivity index (χ0) is 20.4. The van der Waals surface area contributed by atoms with Crippen molar-refractivity contribution in [3.05, 3.63) is 54.1 Å². The summed E-state index contributed by atoms with van der Waals surface area (Å²) in [6, 6.07) is 14.8. The van der Waals surface area contributed by atoms with Crippen molar-refractivity contribution in [1.29, 1.82) is 0 Å². The average molecular weight is 391 g/mol. The standard InChI is InChI=1S/C23H25N3O3/c1-15-11-16(2)13-26(12-15)21(27)14-29-23(28)18-8-4-3-7-17(18)22-24-19-9-5-6-10-20(19)25-22/h3-10,15-16H,11-14H2,1-2H3,(H,24,25). The molecule has 2 unspecified atom stereocenters. The Balaban J connectivity index is 1.49. The molecular formula is C23H25N3O3. The monoisotopic (exact) mass is 391 g/mol. The van der Waals surface area contributed by atoms with E-state index < -0.39 is 5.97 Å². The molecule has 0 radical (unpaired) electrons. The molecule has 2 aromatic carbocycles. The van der Waals surface area contributed by atoms with Crippen molar-refractivity contribution in [1.82, 2.24) is 14.9 Å². The summed E-state index contributed by atoms with van der Waals surface area (Å²) >= 11 is 0. The highest BCUT2D eigenvalue weighted by molar-refractivity contribution is 5.98. The van der Waals surface area contributed by atoms with Crippen molar-refractivity contribution in [2.24, 2.45) is 11.8 Å². The number of amides is 1. The van der Waals surface area contributed by atoms with E-state index in [1.54, 1.807) is 17.0 Å². The van der Waals surface area contributed by atoms with Crippen molar-refractivity contribution in [2.45, 2.75) is 20.3 Å². The molecule has 1 aliphatic heterocycles. The van der Waals surface area contributed by atoms with E-state index in [0.29, 0.717) is 28.8 Å². The molecule has 0 bridgehead atoms. The topological polar surface area (TPSA) is 75.3 Å². The van der Waals surface area contributed by atoms with E-state index >= 15 is 0 Å². The lowest BCUT2D eigenvalue weighted by Gasteiger charge is -2.34. The zero-order valence-corrected chi connectivity index (χ0v) is 16.7. The lowest BCUT2D eigenvalue weighted by atomic mass is 9.92. The van der Waals surface area contributed by atoms with Gasteiger partial charge < -0.3 is 14.6 Å². The number of ether oxygens (including phenoxy) is 1. The predicted molar refractivity (Wildman–Crippen MR) is 111 cm³/mol. The SMILES string of the molecule is CC1CC(C)CN(C(=O)COC(=O)c2ccccc2-c2nc3ccccc3[nH]2)C1. The number of aromatic nitrogens is 2. The summed E-state index contributed by atoms with van der Waals surface area (Å²) in [6.45, 7) is 5.48. The third-order valence-corrected chi connectivity index (χ3v) is 5.34. The highest BCUT2D eigenvalue weighted by Crippen LogP contribution is 2.25. The number of aromatic amines is 1. The molecule has 1 aromatic heterocycles. The van der Waals surface area contributed by atoms with Gasteiger partial charge in [0.1, 0.15) is 5.82 Å². The van der Waals surface area contributed by atoms with Gasteiger partial charge >= 0.3 is 5.97 Å². The lowest BCUT2D eigenvalue weighted by molar-refractivity contribution is -0.137. The fourth-order valence-corrected chi connectivity index (χ4v) is 4.11. The normalized spacial score (nSPS) is 19.3. The van der Waals surface area contributed by atoms with Crippen molar-refractivity contribution in [2.75, 3.05) is 19.7 Å². The van der Waals surface area contributed by atoms with E-state index in [-0.39, 0.29) is 12.5 Å². The summed E-state index contributed by atoms with van der Waals surface area (Å²) in [4.78, 5) is 34.9. The maximum Gasteiger partial charge on any atom is 0.339 e. The van der Waals surface area contributed by atoms with Gasteiger partial charge in [-0.15, -0.1) is 0 Å². The predicted octanol–water partition coefficient (Wildman–Crippen LogP) is 3.89. The Morgan fingerprint density at radius 2 is 1.76 bits per heavy atom. The minimum Gasteiger partial charge on any atom is -0.452 e. The molecule has 1 aliphatic rings. The number of imidazole rings is 1. The first-order chi connectivity index (χ1) is 14.0. The number of likely N-dealkylation sites (tertiary alicyclic amines) is 1. The van der Waals surface area contributed by atoms with Gasteiger partial charge in [0.15, 0.2) is 6.61 Å². The summed E-state index contributed by atoms with van der Waals surface area (Å²) in [5, 5.41) is 0.